The second-order valence-electron chi connectivity index (χ2n) is 9.13. The van der Waals surface area contributed by atoms with E-state index in [0.717, 1.165) is 41.6 Å². The molecule has 0 saturated heterocycles. The van der Waals surface area contributed by atoms with Crippen molar-refractivity contribution in [2.24, 2.45) is 35.0 Å². The van der Waals surface area contributed by atoms with Crippen molar-refractivity contribution in [3.63, 3.8) is 0 Å². The molecule has 5 aliphatic rings. The summed E-state index contributed by atoms with van der Waals surface area (Å²) in [5.41, 5.74) is 1.16. The Labute approximate surface area is 135 Å². The van der Waals surface area contributed by atoms with Gasteiger partial charge in [0, 0.05) is 6.42 Å². The summed E-state index contributed by atoms with van der Waals surface area (Å²) < 4.78 is 0. The first kappa shape index (κ1) is 15.0. The maximum absolute atomic E-state index is 12.7. The first-order valence-electron chi connectivity index (χ1n) is 9.78. The fourth-order valence-corrected chi connectivity index (χ4v) is 7.23. The van der Waals surface area contributed by atoms with Crippen molar-refractivity contribution in [1.82, 2.24) is 0 Å². The summed E-state index contributed by atoms with van der Waals surface area (Å²) in [6, 6.07) is 0. The highest BCUT2D eigenvalue weighted by atomic mass is 16.1. The van der Waals surface area contributed by atoms with Crippen LogP contribution in [0, 0.1) is 35.0 Å². The Kier molecular flexibility index (Phi) is 3.74. The van der Waals surface area contributed by atoms with Crippen molar-refractivity contribution in [3.05, 3.63) is 12.2 Å². The van der Waals surface area contributed by atoms with Crippen LogP contribution in [0.1, 0.15) is 77.6 Å². The van der Waals surface area contributed by atoms with E-state index in [1.165, 1.54) is 64.2 Å². The minimum Gasteiger partial charge on any atom is -0.295 e. The molecule has 1 nitrogen and oxygen atoms in total. The molecule has 0 aromatic carbocycles. The van der Waals surface area contributed by atoms with E-state index in [1.807, 2.05) is 6.92 Å². The van der Waals surface area contributed by atoms with Gasteiger partial charge in [0.25, 0.3) is 0 Å². The molecule has 4 bridgehead atoms. The van der Waals surface area contributed by atoms with Crippen LogP contribution in [0.2, 0.25) is 0 Å². The molecule has 0 heterocycles. The zero-order valence-electron chi connectivity index (χ0n) is 14.3. The summed E-state index contributed by atoms with van der Waals surface area (Å²) in [5.74, 6) is 4.92. The van der Waals surface area contributed by atoms with E-state index >= 15 is 0 Å². The average molecular weight is 300 g/mol. The van der Waals surface area contributed by atoms with Gasteiger partial charge in [0.15, 0.2) is 5.78 Å². The van der Waals surface area contributed by atoms with E-state index in [0.29, 0.717) is 11.2 Å². The first-order valence-corrected chi connectivity index (χ1v) is 9.78. The Morgan fingerprint density at radius 1 is 0.909 bits per heavy atom. The minimum absolute atomic E-state index is 0.365. The minimum atomic E-state index is 0.365. The third-order valence-electron chi connectivity index (χ3n) is 7.97. The number of hydrogen-bond donors (Lipinski definition) is 0. The summed E-state index contributed by atoms with van der Waals surface area (Å²) in [6.07, 6.45) is 15.1. The van der Waals surface area contributed by atoms with E-state index in [-0.39, 0.29) is 0 Å². The molecule has 122 valence electrons. The van der Waals surface area contributed by atoms with Gasteiger partial charge < -0.3 is 0 Å². The Morgan fingerprint density at radius 2 is 1.45 bits per heavy atom. The number of rotatable bonds is 4. The van der Waals surface area contributed by atoms with Crippen LogP contribution >= 0.6 is 0 Å². The zero-order chi connectivity index (χ0) is 15.3. The van der Waals surface area contributed by atoms with Gasteiger partial charge in [-0.3, -0.25) is 4.79 Å². The van der Waals surface area contributed by atoms with Crippen molar-refractivity contribution in [3.8, 4) is 0 Å². The van der Waals surface area contributed by atoms with Crippen molar-refractivity contribution < 1.29 is 4.79 Å². The molecule has 1 heteroatoms. The van der Waals surface area contributed by atoms with Gasteiger partial charge in [-0.1, -0.05) is 25.8 Å². The molecule has 0 aromatic heterocycles. The lowest BCUT2D eigenvalue weighted by Crippen LogP contribution is -2.57. The molecular weight excluding hydrogens is 268 g/mol. The maximum atomic E-state index is 12.7. The van der Waals surface area contributed by atoms with Crippen LogP contribution in [0.3, 0.4) is 0 Å². The van der Waals surface area contributed by atoms with Gasteiger partial charge in [-0.2, -0.15) is 0 Å². The lowest BCUT2D eigenvalue weighted by Gasteiger charge is -2.64. The summed E-state index contributed by atoms with van der Waals surface area (Å²) in [6.45, 7) is 5.89. The van der Waals surface area contributed by atoms with Gasteiger partial charge in [-0.05, 0) is 92.4 Å². The fourth-order valence-electron chi connectivity index (χ4n) is 7.23. The molecule has 0 N–H and O–H groups in total. The SMILES string of the molecule is C=C(C)C(=O)CC1(C2CCCCC2)C2CC3CC(C2)CC1C3. The number of hydrogen-bond acceptors (Lipinski definition) is 1. The molecule has 0 aromatic rings. The summed E-state index contributed by atoms with van der Waals surface area (Å²) >= 11 is 0. The van der Waals surface area contributed by atoms with E-state index in [2.05, 4.69) is 6.58 Å². The fraction of sp³-hybridized carbons (Fsp3) is 0.857. The molecule has 5 rings (SSSR count). The Balaban J connectivity index is 1.68. The first-order chi connectivity index (χ1) is 10.6. The predicted octanol–water partition coefficient (Wildman–Crippen LogP) is 5.54. The topological polar surface area (TPSA) is 17.1 Å². The third-order valence-corrected chi connectivity index (χ3v) is 7.97. The molecule has 0 amide bonds. The van der Waals surface area contributed by atoms with Crippen molar-refractivity contribution in [2.45, 2.75) is 77.6 Å². The Hall–Kier alpha value is -0.590. The van der Waals surface area contributed by atoms with Crippen LogP contribution in [0.5, 0.6) is 0 Å². The van der Waals surface area contributed by atoms with Gasteiger partial charge in [-0.15, -0.1) is 0 Å². The molecule has 22 heavy (non-hydrogen) atoms. The second-order valence-corrected chi connectivity index (χ2v) is 9.13. The zero-order valence-corrected chi connectivity index (χ0v) is 14.3. The summed E-state index contributed by atoms with van der Waals surface area (Å²) in [4.78, 5) is 12.7. The summed E-state index contributed by atoms with van der Waals surface area (Å²) in [7, 11) is 0. The van der Waals surface area contributed by atoms with Crippen LogP contribution in [-0.2, 0) is 4.79 Å². The molecule has 5 saturated carbocycles. The maximum Gasteiger partial charge on any atom is 0.158 e. The molecule has 5 fully saturated rings. The van der Waals surface area contributed by atoms with Crippen molar-refractivity contribution in [1.29, 1.82) is 0 Å². The quantitative estimate of drug-likeness (QED) is 0.623. The van der Waals surface area contributed by atoms with Gasteiger partial charge in [-0.25, -0.2) is 0 Å². The number of Topliss-reactive ketones (excluding diaryl/α,β-unsaturated/α-hetero) is 1. The van der Waals surface area contributed by atoms with Crippen LogP contribution in [0.15, 0.2) is 12.2 Å². The van der Waals surface area contributed by atoms with E-state index in [4.69, 9.17) is 0 Å². The smallest absolute Gasteiger partial charge is 0.158 e. The molecule has 0 radical (unpaired) electrons. The summed E-state index contributed by atoms with van der Waals surface area (Å²) in [5, 5.41) is 0. The predicted molar refractivity (Wildman–Crippen MR) is 90.5 cm³/mol. The number of ketones is 1. The van der Waals surface area contributed by atoms with Gasteiger partial charge in [0.05, 0.1) is 0 Å². The third kappa shape index (κ3) is 2.22. The van der Waals surface area contributed by atoms with Gasteiger partial charge in [0.2, 0.25) is 0 Å². The van der Waals surface area contributed by atoms with Crippen LogP contribution in [-0.4, -0.2) is 5.78 Å². The van der Waals surface area contributed by atoms with E-state index in [9.17, 15) is 4.79 Å². The number of carbonyl (C=O) groups excluding carboxylic acids is 1. The lowest BCUT2D eigenvalue weighted by atomic mass is 9.40. The van der Waals surface area contributed by atoms with Crippen LogP contribution < -0.4 is 0 Å². The molecule has 0 aliphatic heterocycles. The highest BCUT2D eigenvalue weighted by Crippen LogP contribution is 2.67. The average Bonchev–Trinajstić information content (AvgIpc) is 2.51. The van der Waals surface area contributed by atoms with Crippen molar-refractivity contribution in [2.75, 3.05) is 0 Å². The highest BCUT2D eigenvalue weighted by Gasteiger charge is 2.60. The van der Waals surface area contributed by atoms with Crippen molar-refractivity contribution >= 4 is 5.78 Å². The monoisotopic (exact) mass is 300 g/mol. The molecular formula is C21H32O. The normalized spacial score (nSPS) is 44.2. The van der Waals surface area contributed by atoms with E-state index in [1.54, 1.807) is 0 Å². The van der Waals surface area contributed by atoms with Gasteiger partial charge >= 0.3 is 0 Å². The standard InChI is InChI=1S/C21H32O/c1-14(2)20(22)13-21(17-6-4-3-5-7-17)18-9-15-8-16(11-18)12-19(21)10-15/h15-19H,1,3-13H2,2H3. The van der Waals surface area contributed by atoms with Gasteiger partial charge in [0.1, 0.15) is 0 Å². The van der Waals surface area contributed by atoms with Crippen LogP contribution in [0.4, 0.5) is 0 Å². The largest absolute Gasteiger partial charge is 0.295 e. The van der Waals surface area contributed by atoms with E-state index < -0.39 is 0 Å². The number of allylic oxidation sites excluding steroid dienone is 1. The second kappa shape index (κ2) is 5.49. The Morgan fingerprint density at radius 3 is 1.95 bits per heavy atom. The number of carbonyl (C=O) groups is 1. The molecule has 0 unspecified atom stereocenters. The Bertz CT molecular complexity index is 435. The lowest BCUT2D eigenvalue weighted by molar-refractivity contribution is -0.159. The molecule has 0 spiro atoms. The van der Waals surface area contributed by atoms with Crippen LogP contribution in [0.25, 0.3) is 0 Å². The molecule has 0 atom stereocenters. The highest BCUT2D eigenvalue weighted by molar-refractivity contribution is 5.94. The molecule has 5 aliphatic carbocycles.